The van der Waals surface area contributed by atoms with E-state index in [0.29, 0.717) is 0 Å². The molecular weight excluding hydrogens is 286 g/mol. The predicted octanol–water partition coefficient (Wildman–Crippen LogP) is 3.46. The van der Waals surface area contributed by atoms with Crippen LogP contribution in [0.2, 0.25) is 0 Å². The summed E-state index contributed by atoms with van der Waals surface area (Å²) in [6.07, 6.45) is 3.36. The fourth-order valence-electron chi connectivity index (χ4n) is 2.58. The van der Waals surface area contributed by atoms with Gasteiger partial charge in [-0.15, -0.1) is 0 Å². The molecule has 2 aromatic heterocycles. The minimum atomic E-state index is -0.160. The van der Waals surface area contributed by atoms with Crippen LogP contribution < -0.4 is 10.6 Å². The number of aromatic nitrogens is 2. The van der Waals surface area contributed by atoms with Crippen molar-refractivity contribution in [2.45, 2.75) is 6.17 Å². The number of hydrogen-bond acceptors (Lipinski definition) is 5. The number of aliphatic imine (C=N–C) groups is 1. The monoisotopic (exact) mass is 301 g/mol. The van der Waals surface area contributed by atoms with Gasteiger partial charge >= 0.3 is 0 Å². The standard InChI is InChI=1S/C18H15N5/c1-2-8-14-13(7-1)17(21-15-9-3-5-11-19-15)23-18(14)22-16-10-4-6-12-20-16/h1-12,17H,(H,19,21)(H,20,22,23). The molecule has 3 heterocycles. The number of nitrogens with zero attached hydrogens (tertiary/aromatic N) is 3. The summed E-state index contributed by atoms with van der Waals surface area (Å²) < 4.78 is 0. The molecular formula is C18H15N5. The molecule has 0 saturated heterocycles. The van der Waals surface area contributed by atoms with Gasteiger partial charge in [0, 0.05) is 23.5 Å². The molecule has 5 heteroatoms. The zero-order valence-corrected chi connectivity index (χ0v) is 12.3. The van der Waals surface area contributed by atoms with Crippen LogP contribution in [0.5, 0.6) is 0 Å². The highest BCUT2D eigenvalue weighted by atomic mass is 15.2. The van der Waals surface area contributed by atoms with Crippen LogP contribution in [0.4, 0.5) is 11.6 Å². The Bertz CT molecular complexity index is 830. The molecule has 0 amide bonds. The second-order valence-corrected chi connectivity index (χ2v) is 5.17. The summed E-state index contributed by atoms with van der Waals surface area (Å²) >= 11 is 0. The quantitative estimate of drug-likeness (QED) is 0.777. The minimum Gasteiger partial charge on any atom is -0.345 e. The van der Waals surface area contributed by atoms with Gasteiger partial charge in [0.25, 0.3) is 0 Å². The zero-order valence-electron chi connectivity index (χ0n) is 12.3. The highest BCUT2D eigenvalue weighted by Gasteiger charge is 2.25. The Morgan fingerprint density at radius 2 is 1.43 bits per heavy atom. The molecule has 2 N–H and O–H groups in total. The van der Waals surface area contributed by atoms with E-state index < -0.39 is 0 Å². The van der Waals surface area contributed by atoms with Gasteiger partial charge in [-0.1, -0.05) is 36.4 Å². The molecule has 23 heavy (non-hydrogen) atoms. The Labute approximate surface area is 134 Å². The van der Waals surface area contributed by atoms with Gasteiger partial charge in [0.05, 0.1) is 0 Å². The van der Waals surface area contributed by atoms with Crippen molar-refractivity contribution in [2.75, 3.05) is 10.6 Å². The van der Waals surface area contributed by atoms with E-state index in [4.69, 9.17) is 4.99 Å². The largest absolute Gasteiger partial charge is 0.345 e. The van der Waals surface area contributed by atoms with Crippen molar-refractivity contribution < 1.29 is 0 Å². The molecule has 3 aromatic rings. The van der Waals surface area contributed by atoms with Gasteiger partial charge in [-0.3, -0.25) is 0 Å². The van der Waals surface area contributed by atoms with E-state index in [0.717, 1.165) is 28.6 Å². The van der Waals surface area contributed by atoms with Crippen LogP contribution in [-0.2, 0) is 0 Å². The highest BCUT2D eigenvalue weighted by molar-refractivity contribution is 6.10. The van der Waals surface area contributed by atoms with Crippen molar-refractivity contribution in [2.24, 2.45) is 4.99 Å². The fourth-order valence-corrected chi connectivity index (χ4v) is 2.58. The molecule has 0 radical (unpaired) electrons. The summed E-state index contributed by atoms with van der Waals surface area (Å²) in [5.41, 5.74) is 2.20. The number of anilines is 2. The van der Waals surface area contributed by atoms with Crippen molar-refractivity contribution in [1.82, 2.24) is 9.97 Å². The van der Waals surface area contributed by atoms with Crippen LogP contribution in [0.25, 0.3) is 0 Å². The van der Waals surface area contributed by atoms with Crippen molar-refractivity contribution >= 4 is 17.5 Å². The Balaban J connectivity index is 1.65. The first-order valence-corrected chi connectivity index (χ1v) is 7.43. The molecule has 5 nitrogen and oxygen atoms in total. The maximum atomic E-state index is 4.76. The Morgan fingerprint density at radius 3 is 2.17 bits per heavy atom. The lowest BCUT2D eigenvalue weighted by molar-refractivity contribution is 0.851. The third-order valence-corrected chi connectivity index (χ3v) is 3.63. The molecule has 0 bridgehead atoms. The zero-order chi connectivity index (χ0) is 15.5. The Morgan fingerprint density at radius 1 is 0.739 bits per heavy atom. The normalized spacial score (nSPS) is 15.7. The van der Waals surface area contributed by atoms with E-state index >= 15 is 0 Å². The van der Waals surface area contributed by atoms with Gasteiger partial charge in [-0.2, -0.15) is 0 Å². The number of hydrogen-bond donors (Lipinski definition) is 2. The summed E-state index contributed by atoms with van der Waals surface area (Å²) in [5.74, 6) is 2.39. The van der Waals surface area contributed by atoms with Crippen LogP contribution in [0.15, 0.2) is 78.0 Å². The van der Waals surface area contributed by atoms with Crippen LogP contribution in [0.3, 0.4) is 0 Å². The maximum absolute atomic E-state index is 4.76. The van der Waals surface area contributed by atoms with Crippen molar-refractivity contribution in [1.29, 1.82) is 0 Å². The third kappa shape index (κ3) is 2.76. The van der Waals surface area contributed by atoms with E-state index in [1.165, 1.54) is 0 Å². The topological polar surface area (TPSA) is 62.2 Å². The Kier molecular flexibility index (Phi) is 3.44. The number of nitrogens with one attached hydrogen (secondary N) is 2. The van der Waals surface area contributed by atoms with Crippen LogP contribution >= 0.6 is 0 Å². The van der Waals surface area contributed by atoms with Crippen LogP contribution in [0.1, 0.15) is 17.3 Å². The average Bonchev–Trinajstić information content (AvgIpc) is 2.95. The molecule has 1 aliphatic rings. The first kappa shape index (κ1) is 13.5. The van der Waals surface area contributed by atoms with Crippen LogP contribution in [0, 0.1) is 0 Å². The lowest BCUT2D eigenvalue weighted by atomic mass is 10.1. The highest BCUT2D eigenvalue weighted by Crippen LogP contribution is 2.30. The van der Waals surface area contributed by atoms with Gasteiger partial charge in [-0.25, -0.2) is 15.0 Å². The second-order valence-electron chi connectivity index (χ2n) is 5.17. The van der Waals surface area contributed by atoms with Crippen molar-refractivity contribution in [3.8, 4) is 0 Å². The number of amidine groups is 1. The van der Waals surface area contributed by atoms with E-state index in [1.54, 1.807) is 12.4 Å². The number of pyridine rings is 2. The SMILES string of the molecule is c1ccc(NC2=NC(Nc3ccccn3)c3ccccc32)nc1. The third-order valence-electron chi connectivity index (χ3n) is 3.63. The molecule has 1 unspecified atom stereocenters. The molecule has 0 spiro atoms. The summed E-state index contributed by atoms with van der Waals surface area (Å²) in [4.78, 5) is 13.4. The van der Waals surface area contributed by atoms with E-state index in [9.17, 15) is 0 Å². The molecule has 0 saturated carbocycles. The number of rotatable bonds is 3. The molecule has 112 valence electrons. The van der Waals surface area contributed by atoms with Crippen molar-refractivity contribution in [3.63, 3.8) is 0 Å². The fraction of sp³-hybridized carbons (Fsp3) is 0.0556. The summed E-state index contributed by atoms with van der Waals surface area (Å²) in [5, 5.41) is 6.65. The molecule has 0 fully saturated rings. The van der Waals surface area contributed by atoms with Crippen LogP contribution in [-0.4, -0.2) is 15.8 Å². The van der Waals surface area contributed by atoms with Gasteiger partial charge in [0.15, 0.2) is 0 Å². The molecule has 1 aromatic carbocycles. The summed E-state index contributed by atoms with van der Waals surface area (Å²) in [6.45, 7) is 0. The van der Waals surface area contributed by atoms with Gasteiger partial charge in [0.2, 0.25) is 0 Å². The molecule has 1 atom stereocenters. The lowest BCUT2D eigenvalue weighted by Crippen LogP contribution is -2.12. The van der Waals surface area contributed by atoms with E-state index in [-0.39, 0.29) is 6.17 Å². The minimum absolute atomic E-state index is 0.160. The van der Waals surface area contributed by atoms with Gasteiger partial charge in [0.1, 0.15) is 23.6 Å². The smallest absolute Gasteiger partial charge is 0.148 e. The predicted molar refractivity (Wildman–Crippen MR) is 91.4 cm³/mol. The molecule has 0 aliphatic carbocycles. The summed E-state index contributed by atoms with van der Waals surface area (Å²) in [6, 6.07) is 19.7. The maximum Gasteiger partial charge on any atom is 0.148 e. The number of benzene rings is 1. The number of fused-ring (bicyclic) bond motifs is 1. The first-order valence-electron chi connectivity index (χ1n) is 7.43. The Hall–Kier alpha value is -3.21. The van der Waals surface area contributed by atoms with Gasteiger partial charge < -0.3 is 10.6 Å². The summed E-state index contributed by atoms with van der Waals surface area (Å²) in [7, 11) is 0. The van der Waals surface area contributed by atoms with E-state index in [2.05, 4.69) is 32.7 Å². The molecule has 4 rings (SSSR count). The average molecular weight is 301 g/mol. The van der Waals surface area contributed by atoms with Gasteiger partial charge in [-0.05, 0) is 24.3 Å². The van der Waals surface area contributed by atoms with E-state index in [1.807, 2.05) is 48.5 Å². The molecule has 1 aliphatic heterocycles. The lowest BCUT2D eigenvalue weighted by Gasteiger charge is -2.11. The first-order chi connectivity index (χ1) is 11.4. The second kappa shape index (κ2) is 5.88. The van der Waals surface area contributed by atoms with Crippen molar-refractivity contribution in [3.05, 3.63) is 84.2 Å².